The zero-order chi connectivity index (χ0) is 22.0. The van der Waals surface area contributed by atoms with Crippen LogP contribution in [0.1, 0.15) is 76.5 Å². The second kappa shape index (κ2) is 8.98. The molecule has 1 saturated carbocycles. The standard InChI is InChI=1S/C23H31N3O4/c1-14(2)16-9-11-17(12-10-16)20(15(3)4)24-19(27)13-25-21(28)22(29)26(23(25)30)18-7-5-6-8-18/h9-12,14-15,18,20H,5-8,13H2,1-4H3,(H,24,27)/t20-/m1/s1. The Balaban J connectivity index is 1.68. The number of amides is 5. The van der Waals surface area contributed by atoms with Crippen LogP contribution in [0.5, 0.6) is 0 Å². The van der Waals surface area contributed by atoms with Gasteiger partial charge in [-0.1, -0.05) is 64.8 Å². The smallest absolute Gasteiger partial charge is 0.334 e. The third kappa shape index (κ3) is 4.40. The number of rotatable bonds is 7. The maximum absolute atomic E-state index is 12.7. The molecule has 1 aromatic carbocycles. The van der Waals surface area contributed by atoms with Gasteiger partial charge in [0, 0.05) is 6.04 Å². The molecule has 1 aromatic rings. The van der Waals surface area contributed by atoms with Gasteiger partial charge >= 0.3 is 17.8 Å². The van der Waals surface area contributed by atoms with E-state index in [1.54, 1.807) is 0 Å². The van der Waals surface area contributed by atoms with Crippen molar-refractivity contribution in [3.8, 4) is 0 Å². The van der Waals surface area contributed by atoms with E-state index < -0.39 is 30.3 Å². The van der Waals surface area contributed by atoms with Crippen molar-refractivity contribution in [2.24, 2.45) is 5.92 Å². The lowest BCUT2D eigenvalue weighted by Gasteiger charge is -2.25. The molecule has 0 aromatic heterocycles. The van der Waals surface area contributed by atoms with E-state index in [4.69, 9.17) is 0 Å². The minimum Gasteiger partial charge on any atom is -0.347 e. The van der Waals surface area contributed by atoms with Gasteiger partial charge in [0.25, 0.3) is 0 Å². The molecule has 1 atom stereocenters. The predicted octanol–water partition coefficient (Wildman–Crippen LogP) is 3.36. The molecule has 1 N–H and O–H groups in total. The summed E-state index contributed by atoms with van der Waals surface area (Å²) < 4.78 is 0. The van der Waals surface area contributed by atoms with Gasteiger partial charge in [-0.15, -0.1) is 0 Å². The zero-order valence-corrected chi connectivity index (χ0v) is 18.2. The Labute approximate surface area is 177 Å². The fraction of sp³-hybridized carbons (Fsp3) is 0.565. The Bertz CT molecular complexity index is 825. The molecule has 1 saturated heterocycles. The van der Waals surface area contributed by atoms with Crippen molar-refractivity contribution in [2.45, 2.75) is 71.4 Å². The molecule has 1 aliphatic heterocycles. The van der Waals surface area contributed by atoms with Crippen LogP contribution in [-0.2, 0) is 14.4 Å². The van der Waals surface area contributed by atoms with Crippen LogP contribution in [0.2, 0.25) is 0 Å². The van der Waals surface area contributed by atoms with Gasteiger partial charge in [-0.25, -0.2) is 9.69 Å². The van der Waals surface area contributed by atoms with Crippen LogP contribution in [0.25, 0.3) is 0 Å². The van der Waals surface area contributed by atoms with Gasteiger partial charge < -0.3 is 5.32 Å². The van der Waals surface area contributed by atoms with Crippen LogP contribution in [-0.4, -0.2) is 46.1 Å². The van der Waals surface area contributed by atoms with Crippen molar-refractivity contribution in [1.29, 1.82) is 0 Å². The molecule has 3 rings (SSSR count). The average molecular weight is 414 g/mol. The summed E-state index contributed by atoms with van der Waals surface area (Å²) in [5.74, 6) is -1.66. The largest absolute Gasteiger partial charge is 0.347 e. The van der Waals surface area contributed by atoms with Gasteiger partial charge in [0.05, 0.1) is 6.04 Å². The fourth-order valence-electron chi connectivity index (χ4n) is 4.23. The van der Waals surface area contributed by atoms with E-state index >= 15 is 0 Å². The quantitative estimate of drug-likeness (QED) is 0.549. The fourth-order valence-corrected chi connectivity index (χ4v) is 4.23. The highest BCUT2D eigenvalue weighted by Crippen LogP contribution is 2.28. The van der Waals surface area contributed by atoms with Gasteiger partial charge in [0.1, 0.15) is 6.54 Å². The molecule has 7 nitrogen and oxygen atoms in total. The molecule has 0 spiro atoms. The maximum atomic E-state index is 12.7. The normalized spacial score (nSPS) is 18.8. The van der Waals surface area contributed by atoms with Crippen LogP contribution in [0, 0.1) is 5.92 Å². The molecule has 1 heterocycles. The van der Waals surface area contributed by atoms with Crippen molar-refractivity contribution in [3.63, 3.8) is 0 Å². The zero-order valence-electron chi connectivity index (χ0n) is 18.2. The maximum Gasteiger partial charge on any atom is 0.334 e. The van der Waals surface area contributed by atoms with Crippen LogP contribution in [0.15, 0.2) is 24.3 Å². The Morgan fingerprint density at radius 1 is 0.967 bits per heavy atom. The van der Waals surface area contributed by atoms with Crippen LogP contribution >= 0.6 is 0 Å². The Hall–Kier alpha value is -2.70. The number of urea groups is 1. The first kappa shape index (κ1) is 22.0. The second-order valence-electron chi connectivity index (χ2n) is 8.90. The lowest BCUT2D eigenvalue weighted by molar-refractivity contribution is -0.144. The first-order valence-corrected chi connectivity index (χ1v) is 10.8. The lowest BCUT2D eigenvalue weighted by atomic mass is 9.93. The van der Waals surface area contributed by atoms with E-state index in [0.29, 0.717) is 18.8 Å². The summed E-state index contributed by atoms with van der Waals surface area (Å²) in [7, 11) is 0. The summed E-state index contributed by atoms with van der Waals surface area (Å²) >= 11 is 0. The summed E-state index contributed by atoms with van der Waals surface area (Å²) in [4.78, 5) is 51.9. The van der Waals surface area contributed by atoms with Gasteiger partial charge in [0.2, 0.25) is 5.91 Å². The number of imide groups is 2. The summed E-state index contributed by atoms with van der Waals surface area (Å²) in [6, 6.07) is 6.93. The Morgan fingerprint density at radius 3 is 2.07 bits per heavy atom. The number of carbonyl (C=O) groups is 4. The number of hydrogen-bond acceptors (Lipinski definition) is 4. The van der Waals surface area contributed by atoms with Gasteiger partial charge in [-0.2, -0.15) is 0 Å². The molecule has 1 aliphatic carbocycles. The summed E-state index contributed by atoms with van der Waals surface area (Å²) in [5.41, 5.74) is 2.18. The van der Waals surface area contributed by atoms with E-state index in [0.717, 1.165) is 28.2 Å². The Kier molecular flexibility index (Phi) is 6.58. The molecule has 7 heteroatoms. The highest BCUT2D eigenvalue weighted by molar-refractivity contribution is 6.45. The minimum atomic E-state index is -0.913. The van der Waals surface area contributed by atoms with Gasteiger partial charge in [-0.3, -0.25) is 19.3 Å². The second-order valence-corrected chi connectivity index (χ2v) is 8.90. The number of benzene rings is 1. The van der Waals surface area contributed by atoms with Gasteiger partial charge in [0.15, 0.2) is 0 Å². The van der Waals surface area contributed by atoms with E-state index in [9.17, 15) is 19.2 Å². The predicted molar refractivity (Wildman–Crippen MR) is 112 cm³/mol. The molecule has 0 unspecified atom stereocenters. The summed E-state index contributed by atoms with van der Waals surface area (Å²) in [6.07, 6.45) is 3.29. The number of nitrogens with one attached hydrogen (secondary N) is 1. The summed E-state index contributed by atoms with van der Waals surface area (Å²) in [5, 5.41) is 2.93. The number of carbonyl (C=O) groups excluding carboxylic acids is 4. The van der Waals surface area contributed by atoms with Crippen LogP contribution in [0.4, 0.5) is 4.79 Å². The van der Waals surface area contributed by atoms with Gasteiger partial charge in [-0.05, 0) is 35.8 Å². The monoisotopic (exact) mass is 413 g/mol. The van der Waals surface area contributed by atoms with E-state index in [2.05, 4.69) is 19.2 Å². The summed E-state index contributed by atoms with van der Waals surface area (Å²) in [6.45, 7) is 7.80. The molecular formula is C23H31N3O4. The average Bonchev–Trinajstić information content (AvgIpc) is 3.29. The molecule has 30 heavy (non-hydrogen) atoms. The third-order valence-electron chi connectivity index (χ3n) is 6.02. The number of nitrogens with zero attached hydrogens (tertiary/aromatic N) is 2. The number of hydrogen-bond donors (Lipinski definition) is 1. The molecular weight excluding hydrogens is 382 g/mol. The highest BCUT2D eigenvalue weighted by atomic mass is 16.2. The first-order valence-electron chi connectivity index (χ1n) is 10.8. The van der Waals surface area contributed by atoms with Crippen molar-refractivity contribution < 1.29 is 19.2 Å². The van der Waals surface area contributed by atoms with E-state index in [1.165, 1.54) is 5.56 Å². The van der Waals surface area contributed by atoms with Crippen LogP contribution < -0.4 is 5.32 Å². The third-order valence-corrected chi connectivity index (χ3v) is 6.02. The van der Waals surface area contributed by atoms with Crippen molar-refractivity contribution in [3.05, 3.63) is 35.4 Å². The topological polar surface area (TPSA) is 86.8 Å². The van der Waals surface area contributed by atoms with E-state index in [1.807, 2.05) is 38.1 Å². The minimum absolute atomic E-state index is 0.112. The molecule has 162 valence electrons. The molecule has 2 fully saturated rings. The molecule has 2 aliphatic rings. The lowest BCUT2D eigenvalue weighted by Crippen LogP contribution is -2.44. The van der Waals surface area contributed by atoms with Crippen LogP contribution in [0.3, 0.4) is 0 Å². The van der Waals surface area contributed by atoms with Crippen molar-refractivity contribution >= 4 is 23.8 Å². The van der Waals surface area contributed by atoms with E-state index in [-0.39, 0.29) is 18.0 Å². The Morgan fingerprint density at radius 2 is 1.53 bits per heavy atom. The van der Waals surface area contributed by atoms with Crippen molar-refractivity contribution in [2.75, 3.05) is 6.54 Å². The molecule has 0 radical (unpaired) electrons. The molecule has 5 amide bonds. The van der Waals surface area contributed by atoms with Crippen molar-refractivity contribution in [1.82, 2.24) is 15.1 Å². The first-order chi connectivity index (χ1) is 14.2. The SMILES string of the molecule is CC(C)c1ccc([C@H](NC(=O)CN2C(=O)C(=O)N(C3CCCC3)C2=O)C(C)C)cc1. The molecule has 0 bridgehead atoms. The highest BCUT2D eigenvalue weighted by Gasteiger charge is 2.48.